The van der Waals surface area contributed by atoms with Crippen molar-refractivity contribution in [3.05, 3.63) is 24.4 Å². The molecule has 1 N–H and O–H groups in total. The maximum atomic E-state index is 11.4. The van der Waals surface area contributed by atoms with Crippen molar-refractivity contribution in [1.29, 1.82) is 0 Å². The molecule has 0 fully saturated rings. The van der Waals surface area contributed by atoms with Crippen LogP contribution < -0.4 is 5.32 Å². The molecule has 0 unspecified atom stereocenters. The summed E-state index contributed by atoms with van der Waals surface area (Å²) in [5.41, 5.74) is 0.833. The molecule has 20 heavy (non-hydrogen) atoms. The Kier molecular flexibility index (Phi) is 4.72. The third kappa shape index (κ3) is 3.58. The van der Waals surface area contributed by atoms with Crippen molar-refractivity contribution >= 4 is 17.7 Å². The Labute approximate surface area is 115 Å². The zero-order valence-electron chi connectivity index (χ0n) is 11.3. The van der Waals surface area contributed by atoms with E-state index in [2.05, 4.69) is 15.4 Å². The van der Waals surface area contributed by atoms with E-state index in [1.54, 1.807) is 31.1 Å². The monoisotopic (exact) mass is 280 g/mol. The Bertz CT molecular complexity index is 563. The fourth-order valence-electron chi connectivity index (χ4n) is 1.49. The molecule has 0 aliphatic carbocycles. The number of anilines is 2. The molecule has 0 aliphatic heterocycles. The van der Waals surface area contributed by atoms with E-state index in [1.165, 1.54) is 6.26 Å². The van der Waals surface area contributed by atoms with Crippen LogP contribution in [0.15, 0.2) is 23.1 Å². The van der Waals surface area contributed by atoms with E-state index >= 15 is 0 Å². The summed E-state index contributed by atoms with van der Waals surface area (Å²) >= 11 is 0. The SMILES string of the molecule is CCOC(=O)c1coc(Nc2cnn(CCOC)c2)n1. The van der Waals surface area contributed by atoms with Gasteiger partial charge in [-0.25, -0.2) is 4.79 Å². The molecule has 2 aromatic rings. The van der Waals surface area contributed by atoms with Gasteiger partial charge < -0.3 is 19.2 Å². The van der Waals surface area contributed by atoms with E-state index in [4.69, 9.17) is 13.9 Å². The number of ether oxygens (including phenoxy) is 2. The maximum absolute atomic E-state index is 11.4. The minimum absolute atomic E-state index is 0.126. The number of aromatic nitrogens is 3. The van der Waals surface area contributed by atoms with Gasteiger partial charge in [0.1, 0.15) is 6.26 Å². The van der Waals surface area contributed by atoms with Gasteiger partial charge in [0, 0.05) is 13.3 Å². The second-order valence-electron chi connectivity index (χ2n) is 3.87. The van der Waals surface area contributed by atoms with Crippen LogP contribution in [0.4, 0.5) is 11.7 Å². The van der Waals surface area contributed by atoms with Crippen molar-refractivity contribution in [2.24, 2.45) is 0 Å². The average Bonchev–Trinajstić information content (AvgIpc) is 3.07. The lowest BCUT2D eigenvalue weighted by atomic mass is 10.5. The van der Waals surface area contributed by atoms with Gasteiger partial charge in [-0.1, -0.05) is 0 Å². The van der Waals surface area contributed by atoms with Crippen molar-refractivity contribution in [2.75, 3.05) is 25.6 Å². The highest BCUT2D eigenvalue weighted by molar-refractivity contribution is 5.87. The molecule has 0 aromatic carbocycles. The number of methoxy groups -OCH3 is 1. The molecule has 0 bridgehead atoms. The predicted molar refractivity (Wildman–Crippen MR) is 69.8 cm³/mol. The fourth-order valence-corrected chi connectivity index (χ4v) is 1.49. The standard InChI is InChI=1S/C12H16N4O4/c1-3-19-11(17)10-8-20-12(15-10)14-9-6-13-16(7-9)4-5-18-2/h6-8H,3-5H2,1-2H3,(H,14,15). The van der Waals surface area contributed by atoms with Gasteiger partial charge in [0.05, 0.1) is 31.6 Å². The molecule has 0 amide bonds. The van der Waals surface area contributed by atoms with E-state index in [1.807, 2.05) is 0 Å². The molecular formula is C12H16N4O4. The summed E-state index contributed by atoms with van der Waals surface area (Å²) in [5, 5.41) is 7.04. The molecule has 0 saturated heterocycles. The van der Waals surface area contributed by atoms with Gasteiger partial charge in [-0.15, -0.1) is 0 Å². The summed E-state index contributed by atoms with van der Waals surface area (Å²) in [4.78, 5) is 15.4. The lowest BCUT2D eigenvalue weighted by molar-refractivity contribution is 0.0519. The molecule has 0 spiro atoms. The first-order valence-electron chi connectivity index (χ1n) is 6.14. The number of hydrogen-bond acceptors (Lipinski definition) is 7. The van der Waals surface area contributed by atoms with Gasteiger partial charge in [0.15, 0.2) is 5.69 Å². The van der Waals surface area contributed by atoms with Crippen LogP contribution in [0.5, 0.6) is 0 Å². The molecule has 0 saturated carbocycles. The minimum Gasteiger partial charge on any atom is -0.461 e. The predicted octanol–water partition coefficient (Wildman–Crippen LogP) is 1.44. The Hall–Kier alpha value is -2.35. The van der Waals surface area contributed by atoms with Gasteiger partial charge in [0.2, 0.25) is 0 Å². The molecule has 2 heterocycles. The van der Waals surface area contributed by atoms with E-state index in [9.17, 15) is 4.79 Å². The number of oxazole rings is 1. The third-order valence-electron chi connectivity index (χ3n) is 2.40. The highest BCUT2D eigenvalue weighted by atomic mass is 16.5. The average molecular weight is 280 g/mol. The first-order chi connectivity index (χ1) is 9.72. The molecule has 0 radical (unpaired) electrons. The van der Waals surface area contributed by atoms with Crippen LogP contribution in [0.2, 0.25) is 0 Å². The Morgan fingerprint density at radius 3 is 3.15 bits per heavy atom. The van der Waals surface area contributed by atoms with Crippen LogP contribution in [0, 0.1) is 0 Å². The summed E-state index contributed by atoms with van der Waals surface area (Å²) < 4.78 is 16.6. The van der Waals surface area contributed by atoms with Gasteiger partial charge >= 0.3 is 5.97 Å². The van der Waals surface area contributed by atoms with E-state index < -0.39 is 5.97 Å². The van der Waals surface area contributed by atoms with Crippen LogP contribution >= 0.6 is 0 Å². The summed E-state index contributed by atoms with van der Waals surface area (Å²) in [7, 11) is 1.63. The Morgan fingerprint density at radius 2 is 2.40 bits per heavy atom. The number of rotatable bonds is 7. The summed E-state index contributed by atoms with van der Waals surface area (Å²) in [6.07, 6.45) is 4.66. The molecule has 8 heteroatoms. The molecule has 2 rings (SSSR count). The van der Waals surface area contributed by atoms with Crippen LogP contribution in [-0.2, 0) is 16.0 Å². The molecular weight excluding hydrogens is 264 g/mol. The first kappa shape index (κ1) is 14.1. The highest BCUT2D eigenvalue weighted by Gasteiger charge is 2.13. The molecule has 0 aliphatic rings. The van der Waals surface area contributed by atoms with E-state index in [-0.39, 0.29) is 11.7 Å². The first-order valence-corrected chi connectivity index (χ1v) is 6.14. The lowest BCUT2D eigenvalue weighted by Crippen LogP contribution is -2.05. The van der Waals surface area contributed by atoms with E-state index in [0.717, 1.165) is 0 Å². The minimum atomic E-state index is -0.514. The summed E-state index contributed by atoms with van der Waals surface area (Å²) in [6, 6.07) is 0.208. The van der Waals surface area contributed by atoms with Crippen molar-refractivity contribution in [2.45, 2.75) is 13.5 Å². The molecule has 2 aromatic heterocycles. The summed E-state index contributed by atoms with van der Waals surface area (Å²) in [5.74, 6) is -0.514. The number of esters is 1. The number of carbonyl (C=O) groups excluding carboxylic acids is 1. The topological polar surface area (TPSA) is 91.4 Å². The number of nitrogens with zero attached hydrogens (tertiary/aromatic N) is 3. The van der Waals surface area contributed by atoms with Crippen LogP contribution in [-0.4, -0.2) is 41.1 Å². The van der Waals surface area contributed by atoms with Gasteiger partial charge in [-0.2, -0.15) is 10.1 Å². The normalized spacial score (nSPS) is 10.5. The zero-order valence-corrected chi connectivity index (χ0v) is 11.3. The second-order valence-corrected chi connectivity index (χ2v) is 3.87. The zero-order chi connectivity index (χ0) is 14.4. The number of carbonyl (C=O) groups is 1. The molecule has 8 nitrogen and oxygen atoms in total. The number of nitrogens with one attached hydrogen (secondary N) is 1. The van der Waals surface area contributed by atoms with Crippen LogP contribution in [0.1, 0.15) is 17.4 Å². The quantitative estimate of drug-likeness (QED) is 0.767. The van der Waals surface area contributed by atoms with E-state index in [0.29, 0.717) is 25.4 Å². The maximum Gasteiger partial charge on any atom is 0.360 e. The lowest BCUT2D eigenvalue weighted by Gasteiger charge is -1.98. The fraction of sp³-hybridized carbons (Fsp3) is 0.417. The molecule has 0 atom stereocenters. The van der Waals surface area contributed by atoms with Gasteiger partial charge in [0.25, 0.3) is 6.01 Å². The smallest absolute Gasteiger partial charge is 0.360 e. The second kappa shape index (κ2) is 6.71. The molecule has 108 valence electrons. The largest absolute Gasteiger partial charge is 0.461 e. The third-order valence-corrected chi connectivity index (χ3v) is 2.40. The number of hydrogen-bond donors (Lipinski definition) is 1. The Balaban J connectivity index is 1.96. The van der Waals surface area contributed by atoms with Crippen molar-refractivity contribution in [3.8, 4) is 0 Å². The summed E-state index contributed by atoms with van der Waals surface area (Å²) in [6.45, 7) is 3.25. The van der Waals surface area contributed by atoms with Gasteiger partial charge in [-0.3, -0.25) is 4.68 Å². The van der Waals surface area contributed by atoms with Crippen molar-refractivity contribution in [3.63, 3.8) is 0 Å². The van der Waals surface area contributed by atoms with Gasteiger partial charge in [-0.05, 0) is 6.92 Å². The Morgan fingerprint density at radius 1 is 1.55 bits per heavy atom. The van der Waals surface area contributed by atoms with Crippen LogP contribution in [0.25, 0.3) is 0 Å². The van der Waals surface area contributed by atoms with Crippen LogP contribution in [0.3, 0.4) is 0 Å². The highest BCUT2D eigenvalue weighted by Crippen LogP contribution is 2.15. The van der Waals surface area contributed by atoms with Crippen molar-refractivity contribution < 1.29 is 18.7 Å². The van der Waals surface area contributed by atoms with Crippen molar-refractivity contribution in [1.82, 2.24) is 14.8 Å².